The van der Waals surface area contributed by atoms with Gasteiger partial charge in [-0.05, 0) is 25.5 Å². The van der Waals surface area contributed by atoms with Crippen molar-refractivity contribution in [2.45, 2.75) is 26.8 Å². The Labute approximate surface area is 102 Å². The van der Waals surface area contributed by atoms with E-state index in [1.165, 1.54) is 0 Å². The Morgan fingerprint density at radius 3 is 2.88 bits per heavy atom. The molecule has 0 aromatic carbocycles. The van der Waals surface area contributed by atoms with Crippen LogP contribution in [0.2, 0.25) is 0 Å². The highest BCUT2D eigenvalue weighted by Crippen LogP contribution is 2.10. The van der Waals surface area contributed by atoms with E-state index in [4.69, 9.17) is 4.74 Å². The number of rotatable bonds is 6. The Hall–Kier alpha value is -1.42. The molecule has 0 fully saturated rings. The van der Waals surface area contributed by atoms with Gasteiger partial charge in [-0.2, -0.15) is 0 Å². The fourth-order valence-corrected chi connectivity index (χ4v) is 1.47. The third-order valence-corrected chi connectivity index (χ3v) is 2.60. The molecule has 0 spiro atoms. The molecule has 1 unspecified atom stereocenters. The fourth-order valence-electron chi connectivity index (χ4n) is 1.47. The first-order chi connectivity index (χ1) is 8.15. The summed E-state index contributed by atoms with van der Waals surface area (Å²) < 4.78 is 4.95. The number of nitrogens with zero attached hydrogens (tertiary/aromatic N) is 1. The van der Waals surface area contributed by atoms with Crippen molar-refractivity contribution >= 4 is 5.97 Å². The second-order valence-corrected chi connectivity index (χ2v) is 4.07. The number of aromatic nitrogens is 1. The molecule has 2 atom stereocenters. The first-order valence-electron chi connectivity index (χ1n) is 5.95. The predicted octanol–water partition coefficient (Wildman–Crippen LogP) is 1.93. The number of carbonyl (C=O) groups is 1. The minimum atomic E-state index is -0.154. The average Bonchev–Trinajstić information content (AvgIpc) is 2.36. The normalized spacial score (nSPS) is 14.1. The van der Waals surface area contributed by atoms with Crippen LogP contribution in [-0.4, -0.2) is 24.1 Å². The van der Waals surface area contributed by atoms with E-state index in [9.17, 15) is 4.79 Å². The monoisotopic (exact) mass is 236 g/mol. The molecule has 1 N–H and O–H groups in total. The minimum Gasteiger partial charge on any atom is -0.466 e. The number of pyridine rings is 1. The molecule has 0 bridgehead atoms. The second kappa shape index (κ2) is 7.01. The van der Waals surface area contributed by atoms with Crippen LogP contribution in [0.25, 0.3) is 0 Å². The number of hydrogen-bond donors (Lipinski definition) is 1. The smallest absolute Gasteiger partial charge is 0.309 e. The van der Waals surface area contributed by atoms with Gasteiger partial charge in [0.1, 0.15) is 0 Å². The summed E-state index contributed by atoms with van der Waals surface area (Å²) in [6.45, 7) is 6.77. The molecule has 4 heteroatoms. The standard InChI is InChI=1S/C13H20N2O2/c1-4-17-13(16)10(2)8-15-11(3)12-6-5-7-14-9-12/h5-7,9-11,15H,4,8H2,1-3H3/t10?,11-/m1/s1. The summed E-state index contributed by atoms with van der Waals surface area (Å²) in [6, 6.07) is 4.10. The van der Waals surface area contributed by atoms with Gasteiger partial charge in [0.05, 0.1) is 12.5 Å². The maximum Gasteiger partial charge on any atom is 0.309 e. The number of nitrogens with one attached hydrogen (secondary N) is 1. The van der Waals surface area contributed by atoms with Gasteiger partial charge in [0.25, 0.3) is 0 Å². The summed E-state index contributed by atoms with van der Waals surface area (Å²) in [7, 11) is 0. The summed E-state index contributed by atoms with van der Waals surface area (Å²) in [4.78, 5) is 15.5. The molecule has 0 aliphatic heterocycles. The highest BCUT2D eigenvalue weighted by atomic mass is 16.5. The third-order valence-electron chi connectivity index (χ3n) is 2.60. The molecule has 0 amide bonds. The molecule has 1 rings (SSSR count). The Balaban J connectivity index is 2.38. The Morgan fingerprint density at radius 2 is 2.29 bits per heavy atom. The molecule has 1 aromatic heterocycles. The lowest BCUT2D eigenvalue weighted by Crippen LogP contribution is -2.29. The van der Waals surface area contributed by atoms with Gasteiger partial charge in [-0.3, -0.25) is 9.78 Å². The van der Waals surface area contributed by atoms with Crippen molar-refractivity contribution in [1.82, 2.24) is 10.3 Å². The summed E-state index contributed by atoms with van der Waals surface area (Å²) in [5.74, 6) is -0.285. The van der Waals surface area contributed by atoms with Crippen LogP contribution in [-0.2, 0) is 9.53 Å². The van der Waals surface area contributed by atoms with Gasteiger partial charge in [0, 0.05) is 25.0 Å². The van der Waals surface area contributed by atoms with Gasteiger partial charge >= 0.3 is 5.97 Å². The maximum atomic E-state index is 11.4. The summed E-state index contributed by atoms with van der Waals surface area (Å²) >= 11 is 0. The number of esters is 1. The molecule has 0 saturated carbocycles. The SMILES string of the molecule is CCOC(=O)C(C)CN[C@H](C)c1cccnc1. The highest BCUT2D eigenvalue weighted by Gasteiger charge is 2.15. The first kappa shape index (κ1) is 13.6. The lowest BCUT2D eigenvalue weighted by atomic mass is 10.1. The average molecular weight is 236 g/mol. The van der Waals surface area contributed by atoms with E-state index in [1.807, 2.05) is 32.2 Å². The minimum absolute atomic E-state index is 0.130. The second-order valence-electron chi connectivity index (χ2n) is 4.07. The van der Waals surface area contributed by atoms with E-state index in [0.717, 1.165) is 5.56 Å². The van der Waals surface area contributed by atoms with Crippen LogP contribution in [0.5, 0.6) is 0 Å². The summed E-state index contributed by atoms with van der Waals surface area (Å²) in [6.07, 6.45) is 3.57. The Kier molecular flexibility index (Phi) is 5.63. The lowest BCUT2D eigenvalue weighted by molar-refractivity contribution is -0.147. The van der Waals surface area contributed by atoms with Crippen molar-refractivity contribution < 1.29 is 9.53 Å². The molecular weight excluding hydrogens is 216 g/mol. The van der Waals surface area contributed by atoms with E-state index in [2.05, 4.69) is 17.2 Å². The van der Waals surface area contributed by atoms with Crippen molar-refractivity contribution in [3.8, 4) is 0 Å². The van der Waals surface area contributed by atoms with Crippen LogP contribution in [0, 0.1) is 5.92 Å². The van der Waals surface area contributed by atoms with Crippen LogP contribution >= 0.6 is 0 Å². The van der Waals surface area contributed by atoms with E-state index in [1.54, 1.807) is 6.20 Å². The van der Waals surface area contributed by atoms with E-state index in [0.29, 0.717) is 13.2 Å². The van der Waals surface area contributed by atoms with E-state index < -0.39 is 0 Å². The molecule has 4 nitrogen and oxygen atoms in total. The van der Waals surface area contributed by atoms with Crippen molar-refractivity contribution in [3.63, 3.8) is 0 Å². The van der Waals surface area contributed by atoms with Crippen LogP contribution in [0.15, 0.2) is 24.5 Å². The molecule has 0 radical (unpaired) electrons. The van der Waals surface area contributed by atoms with Crippen LogP contribution < -0.4 is 5.32 Å². The van der Waals surface area contributed by atoms with Crippen molar-refractivity contribution in [3.05, 3.63) is 30.1 Å². The van der Waals surface area contributed by atoms with Gasteiger partial charge in [-0.15, -0.1) is 0 Å². The zero-order chi connectivity index (χ0) is 12.7. The Bertz CT molecular complexity index is 341. The van der Waals surface area contributed by atoms with Gasteiger partial charge < -0.3 is 10.1 Å². The van der Waals surface area contributed by atoms with Gasteiger partial charge in [0.2, 0.25) is 0 Å². The highest BCUT2D eigenvalue weighted by molar-refractivity contribution is 5.72. The predicted molar refractivity (Wildman–Crippen MR) is 66.5 cm³/mol. The quantitative estimate of drug-likeness (QED) is 0.767. The molecule has 94 valence electrons. The van der Waals surface area contributed by atoms with Crippen LogP contribution in [0.3, 0.4) is 0 Å². The van der Waals surface area contributed by atoms with Crippen molar-refractivity contribution in [2.75, 3.05) is 13.2 Å². The Morgan fingerprint density at radius 1 is 1.53 bits per heavy atom. The third kappa shape index (κ3) is 4.53. The topological polar surface area (TPSA) is 51.2 Å². The number of hydrogen-bond acceptors (Lipinski definition) is 4. The largest absolute Gasteiger partial charge is 0.466 e. The zero-order valence-electron chi connectivity index (χ0n) is 10.6. The lowest BCUT2D eigenvalue weighted by Gasteiger charge is -2.16. The number of ether oxygens (including phenoxy) is 1. The van der Waals surface area contributed by atoms with Crippen molar-refractivity contribution in [1.29, 1.82) is 0 Å². The summed E-state index contributed by atoms with van der Waals surface area (Å²) in [5, 5.41) is 3.30. The zero-order valence-corrected chi connectivity index (χ0v) is 10.6. The van der Waals surface area contributed by atoms with Crippen molar-refractivity contribution in [2.24, 2.45) is 5.92 Å². The van der Waals surface area contributed by atoms with Gasteiger partial charge in [0.15, 0.2) is 0 Å². The molecule has 0 aliphatic rings. The number of carbonyl (C=O) groups excluding carboxylic acids is 1. The van der Waals surface area contributed by atoms with E-state index >= 15 is 0 Å². The van der Waals surface area contributed by atoms with Gasteiger partial charge in [-0.1, -0.05) is 13.0 Å². The molecule has 0 aliphatic carbocycles. The van der Waals surface area contributed by atoms with Crippen LogP contribution in [0.4, 0.5) is 0 Å². The molecule has 1 aromatic rings. The molecule has 17 heavy (non-hydrogen) atoms. The van der Waals surface area contributed by atoms with Gasteiger partial charge in [-0.25, -0.2) is 0 Å². The van der Waals surface area contributed by atoms with Crippen LogP contribution in [0.1, 0.15) is 32.4 Å². The molecular formula is C13H20N2O2. The summed E-state index contributed by atoms with van der Waals surface area (Å²) in [5.41, 5.74) is 1.11. The molecule has 1 heterocycles. The fraction of sp³-hybridized carbons (Fsp3) is 0.538. The van der Waals surface area contributed by atoms with E-state index in [-0.39, 0.29) is 17.9 Å². The molecule has 0 saturated heterocycles. The first-order valence-corrected chi connectivity index (χ1v) is 5.95. The maximum absolute atomic E-state index is 11.4.